The van der Waals surface area contributed by atoms with Crippen LogP contribution in [0.25, 0.3) is 0 Å². The molecule has 108 valence electrons. The van der Waals surface area contributed by atoms with Gasteiger partial charge < -0.3 is 5.11 Å². The first-order chi connectivity index (χ1) is 9.74. The number of hydrogen-bond donors (Lipinski definition) is 1. The molecule has 2 heteroatoms. The zero-order valence-electron chi connectivity index (χ0n) is 12.1. The van der Waals surface area contributed by atoms with Gasteiger partial charge in [0.15, 0.2) is 0 Å². The van der Waals surface area contributed by atoms with Crippen LogP contribution in [-0.2, 0) is 24.1 Å². The highest BCUT2D eigenvalue weighted by Crippen LogP contribution is 2.32. The van der Waals surface area contributed by atoms with Gasteiger partial charge in [0, 0.05) is 0 Å². The van der Waals surface area contributed by atoms with Crippen LogP contribution >= 0.6 is 0 Å². The highest BCUT2D eigenvalue weighted by atomic mass is 16.4. The number of carboxylic acids is 1. The van der Waals surface area contributed by atoms with Crippen molar-refractivity contribution < 1.29 is 9.90 Å². The van der Waals surface area contributed by atoms with Gasteiger partial charge in [-0.1, -0.05) is 37.5 Å². The van der Waals surface area contributed by atoms with Crippen LogP contribution in [0.3, 0.4) is 0 Å². The molecule has 0 bridgehead atoms. The minimum absolute atomic E-state index is 0.134. The number of aliphatic carboxylic acids is 1. The lowest BCUT2D eigenvalue weighted by atomic mass is 9.83. The summed E-state index contributed by atoms with van der Waals surface area (Å²) in [6.07, 6.45) is 10.1. The average Bonchev–Trinajstić information content (AvgIpc) is 2.76. The molecule has 0 spiro atoms. The Hall–Kier alpha value is -1.31. The van der Waals surface area contributed by atoms with Crippen molar-refractivity contribution in [1.29, 1.82) is 0 Å². The summed E-state index contributed by atoms with van der Waals surface area (Å²) in [5.41, 5.74) is 4.36. The topological polar surface area (TPSA) is 37.3 Å². The molecule has 3 rings (SSSR count). The summed E-state index contributed by atoms with van der Waals surface area (Å²) in [4.78, 5) is 11.5. The fourth-order valence-electron chi connectivity index (χ4n) is 4.01. The standard InChI is InChI=1S/C18H24O2/c19-18(20)17-8-3-1-2-5-16(17)12-13-9-10-14-6-4-7-15(14)11-13/h9-11,16-17H,1-8,12H2,(H,19,20). The lowest BCUT2D eigenvalue weighted by Gasteiger charge is -2.22. The number of aryl methyl sites for hydroxylation is 2. The van der Waals surface area contributed by atoms with E-state index in [1.165, 1.54) is 48.8 Å². The molecular formula is C18H24O2. The van der Waals surface area contributed by atoms with Gasteiger partial charge in [-0.05, 0) is 61.1 Å². The van der Waals surface area contributed by atoms with Gasteiger partial charge >= 0.3 is 5.97 Å². The molecule has 0 saturated heterocycles. The van der Waals surface area contributed by atoms with E-state index in [1.807, 2.05) is 0 Å². The van der Waals surface area contributed by atoms with Crippen molar-refractivity contribution in [2.75, 3.05) is 0 Å². The van der Waals surface area contributed by atoms with Gasteiger partial charge in [0.2, 0.25) is 0 Å². The summed E-state index contributed by atoms with van der Waals surface area (Å²) in [6.45, 7) is 0. The minimum Gasteiger partial charge on any atom is -0.481 e. The molecule has 0 aliphatic heterocycles. The van der Waals surface area contributed by atoms with Crippen LogP contribution in [-0.4, -0.2) is 11.1 Å². The maximum absolute atomic E-state index is 11.5. The van der Waals surface area contributed by atoms with Crippen LogP contribution in [0.5, 0.6) is 0 Å². The van der Waals surface area contributed by atoms with Gasteiger partial charge in [-0.2, -0.15) is 0 Å². The summed E-state index contributed by atoms with van der Waals surface area (Å²) < 4.78 is 0. The molecule has 0 heterocycles. The second-order valence-corrected chi connectivity index (χ2v) is 6.50. The molecule has 2 aliphatic carbocycles. The molecule has 1 fully saturated rings. The third-order valence-electron chi connectivity index (χ3n) is 5.14. The Bertz CT molecular complexity index is 492. The molecule has 1 aromatic carbocycles. The Labute approximate surface area is 121 Å². The molecule has 2 unspecified atom stereocenters. The molecule has 0 radical (unpaired) electrons. The van der Waals surface area contributed by atoms with Gasteiger partial charge in [-0.25, -0.2) is 0 Å². The van der Waals surface area contributed by atoms with Crippen LogP contribution in [0.4, 0.5) is 0 Å². The zero-order chi connectivity index (χ0) is 13.9. The summed E-state index contributed by atoms with van der Waals surface area (Å²) in [5, 5.41) is 9.47. The third kappa shape index (κ3) is 2.89. The SMILES string of the molecule is O=C(O)C1CCCCCC1Cc1ccc2c(c1)CCC2. The number of benzene rings is 1. The summed E-state index contributed by atoms with van der Waals surface area (Å²) in [7, 11) is 0. The van der Waals surface area contributed by atoms with Crippen molar-refractivity contribution in [2.45, 2.75) is 57.8 Å². The zero-order valence-corrected chi connectivity index (χ0v) is 12.1. The third-order valence-corrected chi connectivity index (χ3v) is 5.14. The largest absolute Gasteiger partial charge is 0.481 e. The number of fused-ring (bicyclic) bond motifs is 1. The Kier molecular flexibility index (Phi) is 4.09. The van der Waals surface area contributed by atoms with E-state index in [2.05, 4.69) is 18.2 Å². The first-order valence-electron chi connectivity index (χ1n) is 8.07. The minimum atomic E-state index is -0.585. The van der Waals surface area contributed by atoms with Gasteiger partial charge in [0.25, 0.3) is 0 Å². The van der Waals surface area contributed by atoms with Crippen molar-refractivity contribution in [3.8, 4) is 0 Å². The van der Waals surface area contributed by atoms with Crippen molar-refractivity contribution in [1.82, 2.24) is 0 Å². The fourth-order valence-corrected chi connectivity index (χ4v) is 4.01. The van der Waals surface area contributed by atoms with E-state index in [0.29, 0.717) is 5.92 Å². The number of carboxylic acid groups (broad SMARTS) is 1. The molecule has 0 amide bonds. The Morgan fingerprint density at radius 2 is 1.85 bits per heavy atom. The van der Waals surface area contributed by atoms with Crippen LogP contribution < -0.4 is 0 Å². The first-order valence-corrected chi connectivity index (χ1v) is 8.07. The highest BCUT2D eigenvalue weighted by molar-refractivity contribution is 5.70. The van der Waals surface area contributed by atoms with Crippen LogP contribution in [0, 0.1) is 11.8 Å². The van der Waals surface area contributed by atoms with Gasteiger partial charge in [-0.15, -0.1) is 0 Å². The summed E-state index contributed by atoms with van der Waals surface area (Å²) in [6, 6.07) is 6.84. The van der Waals surface area contributed by atoms with Crippen LogP contribution in [0.1, 0.15) is 55.2 Å². The summed E-state index contributed by atoms with van der Waals surface area (Å²) >= 11 is 0. The average molecular weight is 272 g/mol. The molecule has 1 saturated carbocycles. The van der Waals surface area contributed by atoms with E-state index in [-0.39, 0.29) is 5.92 Å². The van der Waals surface area contributed by atoms with Crippen molar-refractivity contribution in [2.24, 2.45) is 11.8 Å². The van der Waals surface area contributed by atoms with E-state index in [4.69, 9.17) is 0 Å². The molecule has 0 aromatic heterocycles. The highest BCUT2D eigenvalue weighted by Gasteiger charge is 2.29. The number of hydrogen-bond acceptors (Lipinski definition) is 1. The van der Waals surface area contributed by atoms with Gasteiger partial charge in [-0.3, -0.25) is 4.79 Å². The smallest absolute Gasteiger partial charge is 0.306 e. The Morgan fingerprint density at radius 1 is 1.05 bits per heavy atom. The number of carbonyl (C=O) groups is 1. The first kappa shape index (κ1) is 13.7. The molecular weight excluding hydrogens is 248 g/mol. The van der Waals surface area contributed by atoms with Gasteiger partial charge in [0.05, 0.1) is 5.92 Å². The Balaban J connectivity index is 1.75. The van der Waals surface area contributed by atoms with Crippen molar-refractivity contribution in [3.63, 3.8) is 0 Å². The molecule has 1 N–H and O–H groups in total. The molecule has 2 nitrogen and oxygen atoms in total. The lowest BCUT2D eigenvalue weighted by molar-refractivity contribution is -0.143. The second kappa shape index (κ2) is 5.99. The predicted octanol–water partition coefficient (Wildman–Crippen LogP) is 4.00. The Morgan fingerprint density at radius 3 is 2.70 bits per heavy atom. The molecule has 2 atom stereocenters. The van der Waals surface area contributed by atoms with E-state index >= 15 is 0 Å². The normalized spacial score (nSPS) is 26.0. The summed E-state index contributed by atoms with van der Waals surface area (Å²) in [5.74, 6) is -0.390. The lowest BCUT2D eigenvalue weighted by Crippen LogP contribution is -2.24. The van der Waals surface area contributed by atoms with E-state index in [0.717, 1.165) is 25.7 Å². The number of rotatable bonds is 3. The van der Waals surface area contributed by atoms with Gasteiger partial charge in [0.1, 0.15) is 0 Å². The van der Waals surface area contributed by atoms with E-state index in [9.17, 15) is 9.90 Å². The van der Waals surface area contributed by atoms with Crippen LogP contribution in [0.2, 0.25) is 0 Å². The van der Waals surface area contributed by atoms with Crippen molar-refractivity contribution >= 4 is 5.97 Å². The maximum Gasteiger partial charge on any atom is 0.306 e. The fraction of sp³-hybridized carbons (Fsp3) is 0.611. The monoisotopic (exact) mass is 272 g/mol. The quantitative estimate of drug-likeness (QED) is 0.844. The predicted molar refractivity (Wildman–Crippen MR) is 79.9 cm³/mol. The molecule has 1 aromatic rings. The van der Waals surface area contributed by atoms with Crippen LogP contribution in [0.15, 0.2) is 18.2 Å². The van der Waals surface area contributed by atoms with E-state index in [1.54, 1.807) is 0 Å². The van der Waals surface area contributed by atoms with E-state index < -0.39 is 5.97 Å². The van der Waals surface area contributed by atoms with Crippen molar-refractivity contribution in [3.05, 3.63) is 34.9 Å². The molecule has 2 aliphatic rings. The second-order valence-electron chi connectivity index (χ2n) is 6.50. The molecule has 20 heavy (non-hydrogen) atoms. The maximum atomic E-state index is 11.5.